The molecule has 0 amide bonds. The van der Waals surface area contributed by atoms with Crippen molar-refractivity contribution in [1.82, 2.24) is 15.4 Å². The van der Waals surface area contributed by atoms with E-state index in [2.05, 4.69) is 15.4 Å². The molecule has 100 valence electrons. The summed E-state index contributed by atoms with van der Waals surface area (Å²) in [6, 6.07) is 9.85. The van der Waals surface area contributed by atoms with Gasteiger partial charge in [0.1, 0.15) is 0 Å². The van der Waals surface area contributed by atoms with Gasteiger partial charge in [0.2, 0.25) is 5.88 Å². The fourth-order valence-corrected chi connectivity index (χ4v) is 1.90. The topological polar surface area (TPSA) is 73.1 Å². The van der Waals surface area contributed by atoms with Crippen LogP contribution in [0.4, 0.5) is 0 Å². The highest BCUT2D eigenvalue weighted by atomic mass is 16.5. The quantitative estimate of drug-likeness (QED) is 0.599. The Balaban J connectivity index is 1.98. The number of ether oxygens (including phenoxy) is 1. The van der Waals surface area contributed by atoms with Gasteiger partial charge in [-0.3, -0.25) is 16.3 Å². The van der Waals surface area contributed by atoms with E-state index < -0.39 is 0 Å². The molecule has 2 rings (SSSR count). The Morgan fingerprint density at radius 1 is 1.21 bits per heavy atom. The summed E-state index contributed by atoms with van der Waals surface area (Å²) < 4.78 is 5.03. The highest BCUT2D eigenvalue weighted by Crippen LogP contribution is 2.10. The summed E-state index contributed by atoms with van der Waals surface area (Å²) in [5.41, 5.74) is 4.96. The zero-order valence-electron chi connectivity index (χ0n) is 10.9. The smallest absolute Gasteiger partial charge is 0.212 e. The molecule has 5 heteroatoms. The maximum atomic E-state index is 5.60. The van der Waals surface area contributed by atoms with Crippen LogP contribution in [0.15, 0.2) is 42.7 Å². The molecule has 0 spiro atoms. The number of nitrogens with two attached hydrogens (primary N) is 1. The number of nitrogens with one attached hydrogen (secondary N) is 1. The lowest BCUT2D eigenvalue weighted by molar-refractivity contribution is 0.397. The van der Waals surface area contributed by atoms with E-state index in [1.807, 2.05) is 36.5 Å². The first kappa shape index (κ1) is 13.5. The van der Waals surface area contributed by atoms with Gasteiger partial charge in [-0.2, -0.15) is 0 Å². The van der Waals surface area contributed by atoms with Crippen LogP contribution in [-0.4, -0.2) is 23.1 Å². The van der Waals surface area contributed by atoms with Gasteiger partial charge in [0, 0.05) is 36.6 Å². The third-order valence-electron chi connectivity index (χ3n) is 2.91. The van der Waals surface area contributed by atoms with Crippen LogP contribution in [0.2, 0.25) is 0 Å². The largest absolute Gasteiger partial charge is 0.481 e. The number of pyridine rings is 2. The van der Waals surface area contributed by atoms with Crippen molar-refractivity contribution in [2.24, 2.45) is 5.84 Å². The first-order valence-corrected chi connectivity index (χ1v) is 6.16. The minimum absolute atomic E-state index is 0.130. The fraction of sp³-hybridized carbons (Fsp3) is 0.286. The summed E-state index contributed by atoms with van der Waals surface area (Å²) >= 11 is 0. The van der Waals surface area contributed by atoms with Crippen LogP contribution in [0.3, 0.4) is 0 Å². The van der Waals surface area contributed by atoms with Crippen molar-refractivity contribution in [2.45, 2.75) is 18.9 Å². The average Bonchev–Trinajstić information content (AvgIpc) is 2.48. The standard InChI is InChI=1S/C14H18N4O/c1-19-14-6-5-11(10-17-14)8-13(18-15)9-12-4-2-3-7-16-12/h2-7,10,13,18H,8-9,15H2,1H3. The zero-order valence-corrected chi connectivity index (χ0v) is 10.9. The van der Waals surface area contributed by atoms with Crippen molar-refractivity contribution in [2.75, 3.05) is 7.11 Å². The van der Waals surface area contributed by atoms with Crippen molar-refractivity contribution in [3.63, 3.8) is 0 Å². The molecule has 0 aliphatic rings. The Kier molecular flexibility index (Phi) is 4.83. The lowest BCUT2D eigenvalue weighted by Gasteiger charge is -2.15. The molecule has 3 N–H and O–H groups in total. The number of methoxy groups -OCH3 is 1. The average molecular weight is 258 g/mol. The predicted octanol–water partition coefficient (Wildman–Crippen LogP) is 1.10. The number of rotatable bonds is 6. The first-order valence-electron chi connectivity index (χ1n) is 6.16. The van der Waals surface area contributed by atoms with E-state index in [9.17, 15) is 0 Å². The van der Waals surface area contributed by atoms with Gasteiger partial charge in [-0.15, -0.1) is 0 Å². The molecule has 0 aliphatic heterocycles. The second-order valence-electron chi connectivity index (χ2n) is 4.30. The molecule has 5 nitrogen and oxygen atoms in total. The van der Waals surface area contributed by atoms with Gasteiger partial charge in [-0.05, 0) is 24.1 Å². The van der Waals surface area contributed by atoms with Gasteiger partial charge in [-0.25, -0.2) is 4.98 Å². The Morgan fingerprint density at radius 2 is 2.11 bits per heavy atom. The number of nitrogens with zero attached hydrogens (tertiary/aromatic N) is 2. The Labute approximate surface area is 112 Å². The van der Waals surface area contributed by atoms with Crippen LogP contribution in [0.5, 0.6) is 5.88 Å². The number of hydrogen-bond donors (Lipinski definition) is 2. The van der Waals surface area contributed by atoms with Crippen LogP contribution in [-0.2, 0) is 12.8 Å². The molecule has 1 atom stereocenters. The van der Waals surface area contributed by atoms with E-state index in [4.69, 9.17) is 10.6 Å². The van der Waals surface area contributed by atoms with E-state index in [1.165, 1.54) is 0 Å². The van der Waals surface area contributed by atoms with E-state index in [1.54, 1.807) is 13.3 Å². The molecule has 1 unspecified atom stereocenters. The number of hydrazine groups is 1. The summed E-state index contributed by atoms with van der Waals surface area (Å²) in [5, 5.41) is 0. The number of hydrogen-bond acceptors (Lipinski definition) is 5. The minimum atomic E-state index is 0.130. The van der Waals surface area contributed by atoms with Crippen molar-refractivity contribution >= 4 is 0 Å². The summed E-state index contributed by atoms with van der Waals surface area (Å²) in [6.07, 6.45) is 5.17. The normalized spacial score (nSPS) is 12.1. The summed E-state index contributed by atoms with van der Waals surface area (Å²) in [6.45, 7) is 0. The SMILES string of the molecule is COc1ccc(CC(Cc2ccccn2)NN)cn1. The van der Waals surface area contributed by atoms with Gasteiger partial charge in [0.25, 0.3) is 0 Å². The molecule has 0 radical (unpaired) electrons. The fourth-order valence-electron chi connectivity index (χ4n) is 1.90. The molecule has 0 fully saturated rings. The predicted molar refractivity (Wildman–Crippen MR) is 73.5 cm³/mol. The van der Waals surface area contributed by atoms with Gasteiger partial charge in [0.15, 0.2) is 0 Å². The molecule has 2 heterocycles. The molecular formula is C14H18N4O. The van der Waals surface area contributed by atoms with Gasteiger partial charge < -0.3 is 4.74 Å². The van der Waals surface area contributed by atoms with Crippen LogP contribution in [0, 0.1) is 0 Å². The molecule has 0 aliphatic carbocycles. The highest BCUT2D eigenvalue weighted by Gasteiger charge is 2.10. The third-order valence-corrected chi connectivity index (χ3v) is 2.91. The van der Waals surface area contributed by atoms with Crippen LogP contribution in [0.1, 0.15) is 11.3 Å². The van der Waals surface area contributed by atoms with E-state index in [-0.39, 0.29) is 6.04 Å². The lowest BCUT2D eigenvalue weighted by Crippen LogP contribution is -2.38. The lowest BCUT2D eigenvalue weighted by atomic mass is 10.0. The molecule has 2 aromatic heterocycles. The van der Waals surface area contributed by atoms with Crippen molar-refractivity contribution in [3.8, 4) is 5.88 Å². The maximum Gasteiger partial charge on any atom is 0.212 e. The van der Waals surface area contributed by atoms with E-state index in [0.29, 0.717) is 5.88 Å². The minimum Gasteiger partial charge on any atom is -0.481 e. The Bertz CT molecular complexity index is 487. The van der Waals surface area contributed by atoms with E-state index >= 15 is 0 Å². The van der Waals surface area contributed by atoms with Crippen LogP contribution >= 0.6 is 0 Å². The zero-order chi connectivity index (χ0) is 13.5. The van der Waals surface area contributed by atoms with Gasteiger partial charge in [-0.1, -0.05) is 12.1 Å². The van der Waals surface area contributed by atoms with Gasteiger partial charge in [0.05, 0.1) is 7.11 Å². The van der Waals surface area contributed by atoms with Gasteiger partial charge >= 0.3 is 0 Å². The summed E-state index contributed by atoms with van der Waals surface area (Å²) in [4.78, 5) is 8.49. The first-order chi connectivity index (χ1) is 9.31. The second-order valence-corrected chi connectivity index (χ2v) is 4.30. The molecule has 0 bridgehead atoms. The summed E-state index contributed by atoms with van der Waals surface area (Å²) in [7, 11) is 1.60. The monoisotopic (exact) mass is 258 g/mol. The molecular weight excluding hydrogens is 240 g/mol. The maximum absolute atomic E-state index is 5.60. The van der Waals surface area contributed by atoms with Crippen LogP contribution in [0.25, 0.3) is 0 Å². The molecule has 2 aromatic rings. The molecule has 19 heavy (non-hydrogen) atoms. The molecule has 0 saturated carbocycles. The van der Waals surface area contributed by atoms with Crippen LogP contribution < -0.4 is 16.0 Å². The summed E-state index contributed by atoms with van der Waals surface area (Å²) in [5.74, 6) is 6.22. The van der Waals surface area contributed by atoms with Crippen molar-refractivity contribution in [1.29, 1.82) is 0 Å². The van der Waals surface area contributed by atoms with Crippen molar-refractivity contribution in [3.05, 3.63) is 54.0 Å². The Hall–Kier alpha value is -1.98. The molecule has 0 saturated heterocycles. The molecule has 0 aromatic carbocycles. The third kappa shape index (κ3) is 4.01. The van der Waals surface area contributed by atoms with Crippen molar-refractivity contribution < 1.29 is 4.74 Å². The Morgan fingerprint density at radius 3 is 2.68 bits per heavy atom. The highest BCUT2D eigenvalue weighted by molar-refractivity contribution is 5.19. The number of aromatic nitrogens is 2. The second kappa shape index (κ2) is 6.82. The van der Waals surface area contributed by atoms with E-state index in [0.717, 1.165) is 24.1 Å².